The summed E-state index contributed by atoms with van der Waals surface area (Å²) in [7, 11) is 0. The minimum atomic E-state index is -0.850. The highest BCUT2D eigenvalue weighted by Crippen LogP contribution is 2.23. The monoisotopic (exact) mass is 417 g/mol. The van der Waals surface area contributed by atoms with Crippen LogP contribution < -0.4 is 0 Å². The lowest BCUT2D eigenvalue weighted by molar-refractivity contribution is -0.139. The molecule has 0 radical (unpaired) electrons. The molecule has 6 nitrogen and oxygen atoms in total. The quantitative estimate of drug-likeness (QED) is 0.685. The number of carbonyl (C=O) groups excluding carboxylic acids is 2. The largest absolute Gasteiger partial charge is 0.449 e. The van der Waals surface area contributed by atoms with Gasteiger partial charge in [0.05, 0.1) is 12.2 Å². The summed E-state index contributed by atoms with van der Waals surface area (Å²) < 4.78 is 7.05. The Kier molecular flexibility index (Phi) is 6.96. The molecular formula is C22H28ClN3O3. The van der Waals surface area contributed by atoms with Crippen molar-refractivity contribution in [2.45, 2.75) is 59.1 Å². The molecule has 1 fully saturated rings. The average Bonchev–Trinajstić information content (AvgIpc) is 2.87. The molecule has 3 rings (SSSR count). The van der Waals surface area contributed by atoms with Crippen molar-refractivity contribution >= 4 is 23.5 Å². The van der Waals surface area contributed by atoms with Gasteiger partial charge in [-0.1, -0.05) is 54.3 Å². The third-order valence-corrected chi connectivity index (χ3v) is 5.66. The van der Waals surface area contributed by atoms with Crippen LogP contribution in [0.15, 0.2) is 24.3 Å². The number of nitrogens with zero attached hydrogens (tertiary/aromatic N) is 3. The van der Waals surface area contributed by atoms with Crippen molar-refractivity contribution in [1.82, 2.24) is 14.7 Å². The van der Waals surface area contributed by atoms with Gasteiger partial charge in [0, 0.05) is 13.1 Å². The van der Waals surface area contributed by atoms with Gasteiger partial charge < -0.3 is 9.64 Å². The molecule has 29 heavy (non-hydrogen) atoms. The first-order valence-electron chi connectivity index (χ1n) is 10.1. The number of rotatable bonds is 5. The molecule has 0 saturated carbocycles. The zero-order chi connectivity index (χ0) is 21.0. The number of hydrogen-bond acceptors (Lipinski definition) is 4. The fourth-order valence-electron chi connectivity index (χ4n) is 3.57. The lowest BCUT2D eigenvalue weighted by atomic mass is 10.1. The van der Waals surface area contributed by atoms with Crippen LogP contribution in [0.4, 0.5) is 0 Å². The molecule has 0 unspecified atom stereocenters. The molecule has 7 heteroatoms. The van der Waals surface area contributed by atoms with E-state index in [2.05, 4.69) is 5.10 Å². The second-order valence-electron chi connectivity index (χ2n) is 7.68. The minimum absolute atomic E-state index is 0.152. The first-order chi connectivity index (χ1) is 13.9. The van der Waals surface area contributed by atoms with Crippen LogP contribution in [0.1, 0.15) is 59.8 Å². The topological polar surface area (TPSA) is 64.4 Å². The molecule has 0 spiro atoms. The van der Waals surface area contributed by atoms with Crippen LogP contribution in [0.25, 0.3) is 0 Å². The molecule has 0 bridgehead atoms. The molecule has 1 aliphatic heterocycles. The number of aryl methyl sites for hydroxylation is 2. The average molecular weight is 418 g/mol. The van der Waals surface area contributed by atoms with Gasteiger partial charge in [-0.15, -0.1) is 0 Å². The molecule has 2 heterocycles. The van der Waals surface area contributed by atoms with E-state index in [1.807, 2.05) is 31.2 Å². The van der Waals surface area contributed by atoms with Gasteiger partial charge in [-0.2, -0.15) is 5.10 Å². The standard InChI is InChI=1S/C22H28ClN3O3/c1-15-8-10-18(11-9-15)14-26-20(23)19(16(2)24-26)22(28)29-17(3)21(27)25-12-6-4-5-7-13-25/h8-11,17H,4-7,12-14H2,1-3H3/t17-/m1/s1. The number of hydrogen-bond donors (Lipinski definition) is 0. The van der Waals surface area contributed by atoms with Gasteiger partial charge >= 0.3 is 5.97 Å². The van der Waals surface area contributed by atoms with Crippen molar-refractivity contribution < 1.29 is 14.3 Å². The lowest BCUT2D eigenvalue weighted by Gasteiger charge is -2.24. The van der Waals surface area contributed by atoms with E-state index < -0.39 is 12.1 Å². The van der Waals surface area contributed by atoms with Crippen LogP contribution in [0.5, 0.6) is 0 Å². The fourth-order valence-corrected chi connectivity index (χ4v) is 3.89. The molecule has 1 amide bonds. The van der Waals surface area contributed by atoms with Gasteiger partial charge in [-0.25, -0.2) is 9.48 Å². The molecule has 1 saturated heterocycles. The molecule has 1 aliphatic rings. The Morgan fingerprint density at radius 1 is 1.10 bits per heavy atom. The van der Waals surface area contributed by atoms with Gasteiger partial charge in [-0.3, -0.25) is 4.79 Å². The number of esters is 1. The predicted octanol–water partition coefficient (Wildman–Crippen LogP) is 4.15. The van der Waals surface area contributed by atoms with Crippen molar-refractivity contribution in [3.63, 3.8) is 0 Å². The summed E-state index contributed by atoms with van der Waals surface area (Å²) in [6, 6.07) is 8.04. The second-order valence-corrected chi connectivity index (χ2v) is 8.04. The molecule has 156 valence electrons. The summed E-state index contributed by atoms with van der Waals surface area (Å²) in [6.07, 6.45) is 3.39. The summed E-state index contributed by atoms with van der Waals surface area (Å²) in [5.74, 6) is -0.764. The van der Waals surface area contributed by atoms with Crippen molar-refractivity contribution in [3.05, 3.63) is 51.8 Å². The number of likely N-dealkylation sites (tertiary alicyclic amines) is 1. The summed E-state index contributed by atoms with van der Waals surface area (Å²) in [5.41, 5.74) is 2.91. The van der Waals surface area contributed by atoms with E-state index in [-0.39, 0.29) is 16.6 Å². The molecule has 2 aromatic rings. The van der Waals surface area contributed by atoms with Crippen molar-refractivity contribution in [2.75, 3.05) is 13.1 Å². The maximum atomic E-state index is 12.7. The number of benzene rings is 1. The molecule has 1 atom stereocenters. The number of halogens is 1. The number of carbonyl (C=O) groups is 2. The number of aromatic nitrogens is 2. The summed E-state index contributed by atoms with van der Waals surface area (Å²) >= 11 is 6.44. The summed E-state index contributed by atoms with van der Waals surface area (Å²) in [6.45, 7) is 7.25. The van der Waals surface area contributed by atoms with E-state index in [1.54, 1.807) is 23.4 Å². The molecular weight excluding hydrogens is 390 g/mol. The SMILES string of the molecule is Cc1ccc(Cn2nc(C)c(C(=O)O[C@H](C)C(=O)N3CCCCCC3)c2Cl)cc1. The van der Waals surface area contributed by atoms with Crippen molar-refractivity contribution in [3.8, 4) is 0 Å². The normalized spacial score (nSPS) is 15.7. The third-order valence-electron chi connectivity index (χ3n) is 5.27. The van der Waals surface area contributed by atoms with Crippen LogP contribution in [0.3, 0.4) is 0 Å². The van der Waals surface area contributed by atoms with E-state index >= 15 is 0 Å². The van der Waals surface area contributed by atoms with Gasteiger partial charge in [0.2, 0.25) is 0 Å². The van der Waals surface area contributed by atoms with Crippen LogP contribution >= 0.6 is 11.6 Å². The minimum Gasteiger partial charge on any atom is -0.449 e. The van der Waals surface area contributed by atoms with E-state index in [9.17, 15) is 9.59 Å². The number of amides is 1. The van der Waals surface area contributed by atoms with E-state index in [1.165, 1.54) is 5.56 Å². The van der Waals surface area contributed by atoms with Gasteiger partial charge in [0.25, 0.3) is 5.91 Å². The fraction of sp³-hybridized carbons (Fsp3) is 0.500. The first-order valence-corrected chi connectivity index (χ1v) is 10.5. The Morgan fingerprint density at radius 3 is 2.34 bits per heavy atom. The van der Waals surface area contributed by atoms with Gasteiger partial charge in [0.1, 0.15) is 10.7 Å². The van der Waals surface area contributed by atoms with Crippen LogP contribution in [-0.2, 0) is 16.1 Å². The Bertz CT molecular complexity index is 868. The Labute approximate surface area is 176 Å². The van der Waals surface area contributed by atoms with E-state index in [0.29, 0.717) is 12.2 Å². The van der Waals surface area contributed by atoms with Crippen LogP contribution in [0.2, 0.25) is 5.15 Å². The van der Waals surface area contributed by atoms with Crippen LogP contribution in [0, 0.1) is 13.8 Å². The summed E-state index contributed by atoms with van der Waals surface area (Å²) in [4.78, 5) is 27.2. The van der Waals surface area contributed by atoms with E-state index in [0.717, 1.165) is 44.3 Å². The maximum Gasteiger partial charge on any atom is 0.343 e. The molecule has 1 aromatic heterocycles. The highest BCUT2D eigenvalue weighted by atomic mass is 35.5. The zero-order valence-electron chi connectivity index (χ0n) is 17.3. The predicted molar refractivity (Wildman–Crippen MR) is 112 cm³/mol. The highest BCUT2D eigenvalue weighted by Gasteiger charge is 2.28. The van der Waals surface area contributed by atoms with Gasteiger partial charge in [-0.05, 0) is 39.2 Å². The molecule has 1 aromatic carbocycles. The Hall–Kier alpha value is -2.34. The third kappa shape index (κ3) is 5.18. The van der Waals surface area contributed by atoms with Crippen molar-refractivity contribution in [2.24, 2.45) is 0 Å². The first kappa shape index (κ1) is 21.4. The molecule has 0 aliphatic carbocycles. The van der Waals surface area contributed by atoms with Crippen LogP contribution in [-0.4, -0.2) is 45.8 Å². The van der Waals surface area contributed by atoms with E-state index in [4.69, 9.17) is 16.3 Å². The maximum absolute atomic E-state index is 12.7. The Morgan fingerprint density at radius 2 is 1.72 bits per heavy atom. The van der Waals surface area contributed by atoms with Crippen molar-refractivity contribution in [1.29, 1.82) is 0 Å². The highest BCUT2D eigenvalue weighted by molar-refractivity contribution is 6.32. The number of ether oxygens (including phenoxy) is 1. The second kappa shape index (κ2) is 9.44. The molecule has 0 N–H and O–H groups in total. The van der Waals surface area contributed by atoms with Gasteiger partial charge in [0.15, 0.2) is 6.10 Å². The zero-order valence-corrected chi connectivity index (χ0v) is 18.0. The smallest absolute Gasteiger partial charge is 0.343 e. The lowest BCUT2D eigenvalue weighted by Crippen LogP contribution is -2.40. The summed E-state index contributed by atoms with van der Waals surface area (Å²) in [5, 5.41) is 4.62. The Balaban J connectivity index is 1.69.